The number of morpholine rings is 1. The number of carbonyl (C=O) groups is 3. The molecule has 4 amide bonds. The number of hydrogen-bond acceptors (Lipinski definition) is 4. The maximum Gasteiger partial charge on any atom is 0.325 e. The zero-order valence-electron chi connectivity index (χ0n) is 14.8. The third kappa shape index (κ3) is 3.16. The van der Waals surface area contributed by atoms with Crippen LogP contribution in [0.3, 0.4) is 0 Å². The number of carbonyl (C=O) groups excluding carboxylic acids is 3. The van der Waals surface area contributed by atoms with E-state index in [2.05, 4.69) is 5.32 Å². The van der Waals surface area contributed by atoms with Gasteiger partial charge in [0.2, 0.25) is 5.91 Å². The van der Waals surface area contributed by atoms with Gasteiger partial charge in [0.15, 0.2) is 0 Å². The number of ether oxygens (including phenoxy) is 1. The van der Waals surface area contributed by atoms with Crippen LogP contribution in [0, 0.1) is 5.82 Å². The fraction of sp³-hybridized carbons (Fsp3) is 0.500. The minimum atomic E-state index is -1.53. The summed E-state index contributed by atoms with van der Waals surface area (Å²) in [7, 11) is 0. The molecule has 140 valence electrons. The van der Waals surface area contributed by atoms with Crippen molar-refractivity contribution < 1.29 is 23.5 Å². The van der Waals surface area contributed by atoms with Crippen LogP contribution in [0.4, 0.5) is 9.18 Å². The monoisotopic (exact) mass is 363 g/mol. The van der Waals surface area contributed by atoms with Crippen molar-refractivity contribution in [1.29, 1.82) is 0 Å². The van der Waals surface area contributed by atoms with Gasteiger partial charge in [-0.2, -0.15) is 0 Å². The van der Waals surface area contributed by atoms with Crippen LogP contribution in [0.5, 0.6) is 0 Å². The Morgan fingerprint density at radius 1 is 1.38 bits per heavy atom. The van der Waals surface area contributed by atoms with E-state index in [0.717, 1.165) is 11.3 Å². The predicted octanol–water partition coefficient (Wildman–Crippen LogP) is 1.23. The van der Waals surface area contributed by atoms with Crippen molar-refractivity contribution in [3.63, 3.8) is 0 Å². The maximum atomic E-state index is 14.1. The molecule has 2 aliphatic rings. The van der Waals surface area contributed by atoms with Gasteiger partial charge in [0.05, 0.1) is 12.7 Å². The molecule has 3 rings (SSSR count). The first kappa shape index (κ1) is 18.3. The average molecular weight is 363 g/mol. The molecule has 2 atom stereocenters. The molecule has 0 spiro atoms. The summed E-state index contributed by atoms with van der Waals surface area (Å²) in [5, 5.41) is 2.52. The highest BCUT2D eigenvalue weighted by molar-refractivity contribution is 6.09. The van der Waals surface area contributed by atoms with Crippen LogP contribution in [0.2, 0.25) is 0 Å². The summed E-state index contributed by atoms with van der Waals surface area (Å²) >= 11 is 0. The molecule has 26 heavy (non-hydrogen) atoms. The number of rotatable bonds is 4. The van der Waals surface area contributed by atoms with E-state index in [9.17, 15) is 18.8 Å². The first-order valence-electron chi connectivity index (χ1n) is 8.65. The Morgan fingerprint density at radius 2 is 2.12 bits per heavy atom. The van der Waals surface area contributed by atoms with Gasteiger partial charge >= 0.3 is 6.03 Å². The highest BCUT2D eigenvalue weighted by atomic mass is 19.1. The van der Waals surface area contributed by atoms with Crippen molar-refractivity contribution in [2.75, 3.05) is 26.2 Å². The van der Waals surface area contributed by atoms with E-state index in [4.69, 9.17) is 4.74 Å². The Labute approximate surface area is 151 Å². The van der Waals surface area contributed by atoms with E-state index >= 15 is 0 Å². The van der Waals surface area contributed by atoms with E-state index in [-0.39, 0.29) is 24.1 Å². The highest BCUT2D eigenvalue weighted by Gasteiger charge is 2.50. The summed E-state index contributed by atoms with van der Waals surface area (Å²) in [6.45, 7) is 4.32. The molecule has 0 bridgehead atoms. The predicted molar refractivity (Wildman–Crippen MR) is 90.6 cm³/mol. The molecule has 0 unspecified atom stereocenters. The van der Waals surface area contributed by atoms with Gasteiger partial charge in [-0.25, -0.2) is 9.18 Å². The quantitative estimate of drug-likeness (QED) is 0.816. The lowest BCUT2D eigenvalue weighted by Gasteiger charge is -2.33. The van der Waals surface area contributed by atoms with Crippen LogP contribution in [-0.2, 0) is 19.9 Å². The Hall–Kier alpha value is -2.48. The van der Waals surface area contributed by atoms with E-state index in [1.165, 1.54) is 25.1 Å². The van der Waals surface area contributed by atoms with Crippen LogP contribution < -0.4 is 5.32 Å². The standard InChI is InChI=1S/C18H22FN3O4/c1-3-12-10-21(8-9-26-12)15(23)11-22-16(24)18(2,20-17(22)25)13-6-4-5-7-14(13)19/h4-7,12H,3,8-11H2,1-2H3,(H,20,25)/t12-,18+/m1/s1. The van der Waals surface area contributed by atoms with Crippen LogP contribution in [-0.4, -0.2) is 60.0 Å². The number of imide groups is 1. The number of halogens is 1. The number of nitrogens with zero attached hydrogens (tertiary/aromatic N) is 2. The lowest BCUT2D eigenvalue weighted by Crippen LogP contribution is -2.50. The van der Waals surface area contributed by atoms with Crippen molar-refractivity contribution in [2.45, 2.75) is 31.9 Å². The zero-order chi connectivity index (χ0) is 18.9. The summed E-state index contributed by atoms with van der Waals surface area (Å²) in [6, 6.07) is 5.08. The van der Waals surface area contributed by atoms with Crippen molar-refractivity contribution in [3.05, 3.63) is 35.6 Å². The SMILES string of the molecule is CC[C@@H]1CN(C(=O)CN2C(=O)N[C@@](C)(c3ccccc3F)C2=O)CCO1. The molecule has 7 nitrogen and oxygen atoms in total. The van der Waals surface area contributed by atoms with Crippen molar-refractivity contribution in [2.24, 2.45) is 0 Å². The summed E-state index contributed by atoms with van der Waals surface area (Å²) in [6.07, 6.45) is 0.734. The summed E-state index contributed by atoms with van der Waals surface area (Å²) in [5.74, 6) is -1.55. The summed E-state index contributed by atoms with van der Waals surface area (Å²) in [4.78, 5) is 40.1. The number of urea groups is 1. The molecule has 2 heterocycles. The fourth-order valence-corrected chi connectivity index (χ4v) is 3.32. The smallest absolute Gasteiger partial charge is 0.325 e. The van der Waals surface area contributed by atoms with Crippen molar-refractivity contribution in [3.8, 4) is 0 Å². The topological polar surface area (TPSA) is 79.0 Å². The zero-order valence-corrected chi connectivity index (χ0v) is 14.8. The molecule has 8 heteroatoms. The van der Waals surface area contributed by atoms with Crippen LogP contribution in [0.25, 0.3) is 0 Å². The molecular formula is C18H22FN3O4. The summed E-state index contributed by atoms with van der Waals surface area (Å²) < 4.78 is 19.7. The second-order valence-corrected chi connectivity index (χ2v) is 6.67. The first-order chi connectivity index (χ1) is 12.4. The highest BCUT2D eigenvalue weighted by Crippen LogP contribution is 2.30. The molecule has 0 aliphatic carbocycles. The third-order valence-electron chi connectivity index (χ3n) is 4.93. The number of amides is 4. The molecule has 1 N–H and O–H groups in total. The molecule has 2 saturated heterocycles. The third-order valence-corrected chi connectivity index (χ3v) is 4.93. The van der Waals surface area contributed by atoms with Gasteiger partial charge in [0.1, 0.15) is 17.9 Å². The minimum absolute atomic E-state index is 0.0421. The normalized spacial score (nSPS) is 26.2. The Kier molecular flexibility index (Phi) is 4.95. The van der Waals surface area contributed by atoms with E-state index in [1.807, 2.05) is 6.92 Å². The fourth-order valence-electron chi connectivity index (χ4n) is 3.32. The Balaban J connectivity index is 1.75. The van der Waals surface area contributed by atoms with Gasteiger partial charge in [-0.15, -0.1) is 0 Å². The van der Waals surface area contributed by atoms with E-state index in [1.54, 1.807) is 11.0 Å². The van der Waals surface area contributed by atoms with Crippen LogP contribution >= 0.6 is 0 Å². The minimum Gasteiger partial charge on any atom is -0.375 e. The Bertz CT molecular complexity index is 741. The van der Waals surface area contributed by atoms with Gasteiger partial charge < -0.3 is 15.0 Å². The Morgan fingerprint density at radius 3 is 2.81 bits per heavy atom. The van der Waals surface area contributed by atoms with E-state index in [0.29, 0.717) is 19.7 Å². The lowest BCUT2D eigenvalue weighted by atomic mass is 9.91. The van der Waals surface area contributed by atoms with Crippen molar-refractivity contribution in [1.82, 2.24) is 15.1 Å². The number of hydrogen-bond donors (Lipinski definition) is 1. The molecular weight excluding hydrogens is 341 g/mol. The summed E-state index contributed by atoms with van der Waals surface area (Å²) in [5.41, 5.74) is -1.45. The van der Waals surface area contributed by atoms with Gasteiger partial charge in [-0.1, -0.05) is 25.1 Å². The molecule has 0 aromatic heterocycles. The largest absolute Gasteiger partial charge is 0.375 e. The molecule has 0 radical (unpaired) electrons. The average Bonchev–Trinajstić information content (AvgIpc) is 2.86. The molecule has 2 fully saturated rings. The second kappa shape index (κ2) is 7.03. The number of nitrogens with one attached hydrogen (secondary N) is 1. The first-order valence-corrected chi connectivity index (χ1v) is 8.65. The van der Waals surface area contributed by atoms with Gasteiger partial charge in [-0.3, -0.25) is 14.5 Å². The molecule has 1 aromatic rings. The second-order valence-electron chi connectivity index (χ2n) is 6.67. The van der Waals surface area contributed by atoms with Crippen LogP contribution in [0.15, 0.2) is 24.3 Å². The van der Waals surface area contributed by atoms with Gasteiger partial charge in [0.25, 0.3) is 5.91 Å². The van der Waals surface area contributed by atoms with Crippen molar-refractivity contribution >= 4 is 17.8 Å². The van der Waals surface area contributed by atoms with Gasteiger partial charge in [-0.05, 0) is 19.4 Å². The van der Waals surface area contributed by atoms with E-state index < -0.39 is 23.3 Å². The molecule has 2 aliphatic heterocycles. The lowest BCUT2D eigenvalue weighted by molar-refractivity contribution is -0.143. The molecule has 0 saturated carbocycles. The van der Waals surface area contributed by atoms with Crippen LogP contribution in [0.1, 0.15) is 25.8 Å². The maximum absolute atomic E-state index is 14.1. The molecule has 1 aromatic carbocycles. The van der Waals surface area contributed by atoms with Gasteiger partial charge in [0, 0.05) is 18.7 Å². The number of benzene rings is 1.